The van der Waals surface area contributed by atoms with Gasteiger partial charge in [-0.1, -0.05) is 18.7 Å². The maximum Gasteiger partial charge on any atom is 0.339 e. The van der Waals surface area contributed by atoms with Gasteiger partial charge in [-0.15, -0.1) is 0 Å². The fourth-order valence-electron chi connectivity index (χ4n) is 0.529. The molecule has 0 aromatic rings. The van der Waals surface area contributed by atoms with Gasteiger partial charge in [-0.05, 0) is 13.3 Å². The summed E-state index contributed by atoms with van der Waals surface area (Å²) in [5.74, 6) is -0.526. The monoisotopic (exact) mass is 171 g/mol. The Bertz CT molecular complexity index is 208. The highest BCUT2D eigenvalue weighted by Gasteiger charge is 2.08. The van der Waals surface area contributed by atoms with E-state index in [-0.39, 0.29) is 11.5 Å². The number of esters is 1. The summed E-state index contributed by atoms with van der Waals surface area (Å²) in [7, 11) is 0. The summed E-state index contributed by atoms with van der Waals surface area (Å²) < 4.78 is 4.66. The molecule has 0 aliphatic heterocycles. The van der Waals surface area contributed by atoms with Crippen molar-refractivity contribution in [3.8, 4) is 0 Å². The van der Waals surface area contributed by atoms with Gasteiger partial charge in [0.25, 0.3) is 0 Å². The molecule has 0 saturated carbocycles. The van der Waals surface area contributed by atoms with Crippen LogP contribution >= 0.6 is 0 Å². The Labute approximate surface area is 71.5 Å². The molecule has 0 spiro atoms. The third-order valence-electron chi connectivity index (χ3n) is 1.13. The number of hydrogen-bond donors (Lipinski definition) is 1. The Balaban J connectivity index is 4.04. The highest BCUT2D eigenvalue weighted by atomic mass is 16.6. The quantitative estimate of drug-likeness (QED) is 0.175. The smallest absolute Gasteiger partial charge is 0.339 e. The maximum atomic E-state index is 10.9. The van der Waals surface area contributed by atoms with Crippen molar-refractivity contribution in [2.45, 2.75) is 26.7 Å². The molecule has 0 rings (SSSR count). The number of carbonyl (C=O) groups is 1. The molecule has 0 fully saturated rings. The van der Waals surface area contributed by atoms with Gasteiger partial charge in [0, 0.05) is 12.0 Å². The fourth-order valence-corrected chi connectivity index (χ4v) is 0.529. The van der Waals surface area contributed by atoms with E-state index in [9.17, 15) is 4.79 Å². The first-order valence-electron chi connectivity index (χ1n) is 3.70. The van der Waals surface area contributed by atoms with Gasteiger partial charge in [0.2, 0.25) is 5.90 Å². The lowest BCUT2D eigenvalue weighted by molar-refractivity contribution is -0.131. The lowest BCUT2D eigenvalue weighted by Crippen LogP contribution is -2.12. The van der Waals surface area contributed by atoms with Crippen LogP contribution in [0.4, 0.5) is 0 Å². The standard InChI is InChI=1S/C8H13NO3/c1-4-5-7(9-11)12-8(10)6(2)3/h11H,2,4-5H2,1,3H3. The molecule has 0 saturated heterocycles. The zero-order chi connectivity index (χ0) is 9.56. The van der Waals surface area contributed by atoms with Crippen LogP contribution in [-0.2, 0) is 9.53 Å². The summed E-state index contributed by atoms with van der Waals surface area (Å²) in [5.41, 5.74) is 0.284. The highest BCUT2D eigenvalue weighted by molar-refractivity contribution is 5.96. The molecule has 0 aromatic carbocycles. The largest absolute Gasteiger partial charge is 0.408 e. The van der Waals surface area contributed by atoms with Gasteiger partial charge in [0.05, 0.1) is 0 Å². The second-order valence-corrected chi connectivity index (χ2v) is 2.41. The molecule has 0 aromatic heterocycles. The summed E-state index contributed by atoms with van der Waals surface area (Å²) in [6, 6.07) is 0. The predicted octanol–water partition coefficient (Wildman–Crippen LogP) is 1.69. The minimum atomic E-state index is -0.559. The Hall–Kier alpha value is -1.32. The van der Waals surface area contributed by atoms with Gasteiger partial charge < -0.3 is 9.94 Å². The van der Waals surface area contributed by atoms with Crippen LogP contribution in [0, 0.1) is 0 Å². The topological polar surface area (TPSA) is 58.9 Å². The first-order chi connectivity index (χ1) is 5.61. The van der Waals surface area contributed by atoms with Crippen molar-refractivity contribution in [3.63, 3.8) is 0 Å². The van der Waals surface area contributed by atoms with Crippen molar-refractivity contribution in [1.82, 2.24) is 0 Å². The molecule has 0 bridgehead atoms. The van der Waals surface area contributed by atoms with E-state index in [1.807, 2.05) is 6.92 Å². The Morgan fingerprint density at radius 1 is 1.67 bits per heavy atom. The Kier molecular flexibility index (Phi) is 4.76. The van der Waals surface area contributed by atoms with E-state index in [0.717, 1.165) is 6.42 Å². The third kappa shape index (κ3) is 3.75. The van der Waals surface area contributed by atoms with Crippen LogP contribution in [0.5, 0.6) is 0 Å². The van der Waals surface area contributed by atoms with E-state index < -0.39 is 5.97 Å². The summed E-state index contributed by atoms with van der Waals surface area (Å²) >= 11 is 0. The molecule has 1 N–H and O–H groups in total. The molecule has 0 heterocycles. The zero-order valence-corrected chi connectivity index (χ0v) is 7.33. The third-order valence-corrected chi connectivity index (χ3v) is 1.13. The minimum Gasteiger partial charge on any atom is -0.408 e. The van der Waals surface area contributed by atoms with Crippen molar-refractivity contribution >= 4 is 11.9 Å². The van der Waals surface area contributed by atoms with Crippen LogP contribution in [0.25, 0.3) is 0 Å². The Morgan fingerprint density at radius 3 is 2.58 bits per heavy atom. The van der Waals surface area contributed by atoms with Gasteiger partial charge in [0.1, 0.15) is 0 Å². The van der Waals surface area contributed by atoms with E-state index in [4.69, 9.17) is 5.21 Å². The first kappa shape index (κ1) is 10.7. The van der Waals surface area contributed by atoms with Gasteiger partial charge in [-0.3, -0.25) is 0 Å². The van der Waals surface area contributed by atoms with Crippen molar-refractivity contribution in [3.05, 3.63) is 12.2 Å². The number of ether oxygens (including phenoxy) is 1. The van der Waals surface area contributed by atoms with Crippen LogP contribution in [0.15, 0.2) is 17.3 Å². The van der Waals surface area contributed by atoms with Crippen LogP contribution < -0.4 is 0 Å². The second kappa shape index (κ2) is 5.35. The van der Waals surface area contributed by atoms with E-state index in [1.54, 1.807) is 0 Å². The van der Waals surface area contributed by atoms with E-state index in [1.165, 1.54) is 6.92 Å². The molecule has 0 atom stereocenters. The summed E-state index contributed by atoms with van der Waals surface area (Å²) in [6.07, 6.45) is 1.19. The van der Waals surface area contributed by atoms with Gasteiger partial charge in [0.15, 0.2) is 0 Å². The van der Waals surface area contributed by atoms with Crippen molar-refractivity contribution in [2.75, 3.05) is 0 Å². The summed E-state index contributed by atoms with van der Waals surface area (Å²) in [4.78, 5) is 10.9. The average molecular weight is 171 g/mol. The molecular formula is C8H13NO3. The van der Waals surface area contributed by atoms with E-state index in [0.29, 0.717) is 6.42 Å². The van der Waals surface area contributed by atoms with Crippen molar-refractivity contribution < 1.29 is 14.7 Å². The first-order valence-corrected chi connectivity index (χ1v) is 3.70. The van der Waals surface area contributed by atoms with Crippen LogP contribution in [0.3, 0.4) is 0 Å². The van der Waals surface area contributed by atoms with Crippen LogP contribution in [-0.4, -0.2) is 17.1 Å². The fraction of sp³-hybridized carbons (Fsp3) is 0.500. The van der Waals surface area contributed by atoms with Crippen molar-refractivity contribution in [2.24, 2.45) is 5.16 Å². The molecule has 4 nitrogen and oxygen atoms in total. The molecule has 0 unspecified atom stereocenters. The van der Waals surface area contributed by atoms with Gasteiger partial charge in [-0.2, -0.15) is 0 Å². The number of carbonyl (C=O) groups excluding carboxylic acids is 1. The zero-order valence-electron chi connectivity index (χ0n) is 7.33. The molecule has 4 heteroatoms. The lowest BCUT2D eigenvalue weighted by Gasteiger charge is -2.03. The molecule has 0 aliphatic rings. The molecule has 68 valence electrons. The number of hydrogen-bond acceptors (Lipinski definition) is 4. The van der Waals surface area contributed by atoms with Crippen molar-refractivity contribution in [1.29, 1.82) is 0 Å². The number of oxime groups is 1. The van der Waals surface area contributed by atoms with Gasteiger partial charge >= 0.3 is 5.97 Å². The van der Waals surface area contributed by atoms with E-state index >= 15 is 0 Å². The van der Waals surface area contributed by atoms with Gasteiger partial charge in [-0.25, -0.2) is 4.79 Å². The lowest BCUT2D eigenvalue weighted by atomic mass is 10.3. The average Bonchev–Trinajstić information content (AvgIpc) is 2.03. The normalized spacial score (nSPS) is 11.0. The second-order valence-electron chi connectivity index (χ2n) is 2.41. The summed E-state index contributed by atoms with van der Waals surface area (Å²) in [6.45, 7) is 6.81. The molecule has 0 radical (unpaired) electrons. The Morgan fingerprint density at radius 2 is 2.25 bits per heavy atom. The summed E-state index contributed by atoms with van der Waals surface area (Å²) in [5, 5.41) is 11.2. The molecule has 12 heavy (non-hydrogen) atoms. The SMILES string of the molecule is C=C(C)C(=O)OC(CCC)=NO. The maximum absolute atomic E-state index is 10.9. The molecule has 0 aliphatic carbocycles. The molecular weight excluding hydrogens is 158 g/mol. The van der Waals surface area contributed by atoms with E-state index in [2.05, 4.69) is 16.5 Å². The molecule has 0 amide bonds. The van der Waals surface area contributed by atoms with Crippen LogP contribution in [0.2, 0.25) is 0 Å². The van der Waals surface area contributed by atoms with Crippen LogP contribution in [0.1, 0.15) is 26.7 Å². The highest BCUT2D eigenvalue weighted by Crippen LogP contribution is 1.98. The number of nitrogens with zero attached hydrogens (tertiary/aromatic N) is 1. The minimum absolute atomic E-state index is 0.0329. The predicted molar refractivity (Wildman–Crippen MR) is 45.0 cm³/mol. The number of rotatable bonds is 3.